The highest BCUT2D eigenvalue weighted by molar-refractivity contribution is 5.20. The van der Waals surface area contributed by atoms with E-state index in [1.807, 2.05) is 24.3 Å². The fraction of sp³-hybridized carbons (Fsp3) is 0.385. The lowest BCUT2D eigenvalue weighted by molar-refractivity contribution is 0.216. The molecule has 0 fully saturated rings. The van der Waals surface area contributed by atoms with Gasteiger partial charge in [-0.2, -0.15) is 0 Å². The van der Waals surface area contributed by atoms with Gasteiger partial charge in [0, 0.05) is 6.61 Å². The van der Waals surface area contributed by atoms with Crippen LogP contribution in [0.5, 0.6) is 0 Å². The van der Waals surface area contributed by atoms with Crippen LogP contribution < -0.4 is 0 Å². The molecule has 0 aromatic heterocycles. The molecule has 2 atom stereocenters. The largest absolute Gasteiger partial charge is 0.396 e. The van der Waals surface area contributed by atoms with E-state index in [0.29, 0.717) is 5.92 Å². The van der Waals surface area contributed by atoms with Gasteiger partial charge in [-0.25, -0.2) is 0 Å². The second-order valence-electron chi connectivity index (χ2n) is 3.70. The van der Waals surface area contributed by atoms with Crippen LogP contribution >= 0.6 is 0 Å². The van der Waals surface area contributed by atoms with Gasteiger partial charge < -0.3 is 5.11 Å². The van der Waals surface area contributed by atoms with Gasteiger partial charge in [-0.3, -0.25) is 0 Å². The van der Waals surface area contributed by atoms with Crippen LogP contribution in [0.25, 0.3) is 0 Å². The molecule has 76 valence electrons. The van der Waals surface area contributed by atoms with Crippen molar-refractivity contribution in [3.63, 3.8) is 0 Å². The SMILES string of the molecule is C=CC[C@H](c1ccccc1)[C@H](C)CO. The van der Waals surface area contributed by atoms with Crippen molar-refractivity contribution in [2.75, 3.05) is 6.61 Å². The molecule has 0 spiro atoms. The summed E-state index contributed by atoms with van der Waals surface area (Å²) in [7, 11) is 0. The van der Waals surface area contributed by atoms with Gasteiger partial charge in [-0.15, -0.1) is 6.58 Å². The number of aliphatic hydroxyl groups is 1. The van der Waals surface area contributed by atoms with Crippen LogP contribution in [-0.4, -0.2) is 11.7 Å². The average Bonchev–Trinajstić information content (AvgIpc) is 2.26. The van der Waals surface area contributed by atoms with Gasteiger partial charge in [-0.05, 0) is 23.8 Å². The summed E-state index contributed by atoms with van der Waals surface area (Å²) >= 11 is 0. The molecule has 0 saturated heterocycles. The third kappa shape index (κ3) is 2.71. The van der Waals surface area contributed by atoms with E-state index in [4.69, 9.17) is 5.11 Å². The zero-order valence-electron chi connectivity index (χ0n) is 8.69. The summed E-state index contributed by atoms with van der Waals surface area (Å²) in [4.78, 5) is 0. The second-order valence-corrected chi connectivity index (χ2v) is 3.70. The van der Waals surface area contributed by atoms with Crippen LogP contribution in [0.4, 0.5) is 0 Å². The first kappa shape index (κ1) is 11.0. The topological polar surface area (TPSA) is 20.2 Å². The molecule has 0 unspecified atom stereocenters. The molecule has 0 amide bonds. The molecule has 1 rings (SSSR count). The number of aliphatic hydroxyl groups excluding tert-OH is 1. The lowest BCUT2D eigenvalue weighted by Crippen LogP contribution is -2.12. The van der Waals surface area contributed by atoms with Crippen molar-refractivity contribution in [3.8, 4) is 0 Å². The van der Waals surface area contributed by atoms with Crippen LogP contribution in [0.2, 0.25) is 0 Å². The Hall–Kier alpha value is -1.08. The molecule has 0 aliphatic carbocycles. The molecule has 1 N–H and O–H groups in total. The summed E-state index contributed by atoms with van der Waals surface area (Å²) in [5.41, 5.74) is 1.29. The number of hydrogen-bond acceptors (Lipinski definition) is 1. The van der Waals surface area contributed by atoms with Crippen LogP contribution in [0.15, 0.2) is 43.0 Å². The highest BCUT2D eigenvalue weighted by Gasteiger charge is 2.16. The minimum absolute atomic E-state index is 0.230. The highest BCUT2D eigenvalue weighted by atomic mass is 16.3. The molecule has 1 heteroatoms. The van der Waals surface area contributed by atoms with E-state index in [0.717, 1.165) is 6.42 Å². The first-order valence-corrected chi connectivity index (χ1v) is 5.06. The zero-order valence-corrected chi connectivity index (χ0v) is 8.69. The Morgan fingerprint density at radius 1 is 1.36 bits per heavy atom. The summed E-state index contributed by atoms with van der Waals surface area (Å²) < 4.78 is 0. The Kier molecular flexibility index (Phi) is 4.41. The normalized spacial score (nSPS) is 14.7. The summed E-state index contributed by atoms with van der Waals surface area (Å²) in [6.45, 7) is 6.06. The van der Waals surface area contributed by atoms with Crippen molar-refractivity contribution in [1.29, 1.82) is 0 Å². The summed E-state index contributed by atoms with van der Waals surface area (Å²) in [5.74, 6) is 0.675. The maximum absolute atomic E-state index is 9.16. The summed E-state index contributed by atoms with van der Waals surface area (Å²) in [6.07, 6.45) is 2.84. The smallest absolute Gasteiger partial charge is 0.0462 e. The molecule has 14 heavy (non-hydrogen) atoms. The van der Waals surface area contributed by atoms with Crippen LogP contribution in [0, 0.1) is 5.92 Å². The van der Waals surface area contributed by atoms with Gasteiger partial charge in [0.2, 0.25) is 0 Å². The van der Waals surface area contributed by atoms with Crippen molar-refractivity contribution in [3.05, 3.63) is 48.6 Å². The van der Waals surface area contributed by atoms with Crippen molar-refractivity contribution in [1.82, 2.24) is 0 Å². The predicted molar refractivity (Wildman–Crippen MR) is 60.2 cm³/mol. The molecule has 1 aromatic rings. The number of benzene rings is 1. The van der Waals surface area contributed by atoms with Gasteiger partial charge in [-0.1, -0.05) is 43.3 Å². The molecule has 0 bridgehead atoms. The van der Waals surface area contributed by atoms with Crippen LogP contribution in [-0.2, 0) is 0 Å². The Balaban J connectivity index is 2.82. The molecule has 0 radical (unpaired) electrons. The molecule has 0 heterocycles. The molecule has 1 nitrogen and oxygen atoms in total. The fourth-order valence-corrected chi connectivity index (χ4v) is 1.70. The van der Waals surface area contributed by atoms with E-state index in [1.165, 1.54) is 5.56 Å². The number of rotatable bonds is 5. The standard InChI is InChI=1S/C13H18O/c1-3-7-13(11(2)10-14)12-8-5-4-6-9-12/h3-6,8-9,11,13-14H,1,7,10H2,2H3/t11-,13+/m1/s1. The van der Waals surface area contributed by atoms with E-state index in [-0.39, 0.29) is 12.5 Å². The lowest BCUT2D eigenvalue weighted by Gasteiger charge is -2.21. The van der Waals surface area contributed by atoms with Crippen LogP contribution in [0.1, 0.15) is 24.8 Å². The highest BCUT2D eigenvalue weighted by Crippen LogP contribution is 2.27. The fourth-order valence-electron chi connectivity index (χ4n) is 1.70. The van der Waals surface area contributed by atoms with Crippen LogP contribution in [0.3, 0.4) is 0 Å². The van der Waals surface area contributed by atoms with Crippen molar-refractivity contribution < 1.29 is 5.11 Å². The Bertz CT molecular complexity index is 266. The quantitative estimate of drug-likeness (QED) is 0.708. The van der Waals surface area contributed by atoms with E-state index < -0.39 is 0 Å². The second kappa shape index (κ2) is 5.61. The Labute approximate surface area is 86.1 Å². The van der Waals surface area contributed by atoms with E-state index >= 15 is 0 Å². The van der Waals surface area contributed by atoms with Crippen molar-refractivity contribution in [2.45, 2.75) is 19.3 Å². The average molecular weight is 190 g/mol. The van der Waals surface area contributed by atoms with Gasteiger partial charge >= 0.3 is 0 Å². The molecule has 0 aliphatic heterocycles. The Morgan fingerprint density at radius 3 is 2.50 bits per heavy atom. The third-order valence-corrected chi connectivity index (χ3v) is 2.62. The molecule has 0 saturated carbocycles. The van der Waals surface area contributed by atoms with E-state index in [2.05, 4.69) is 25.6 Å². The summed E-state index contributed by atoms with van der Waals surface area (Å²) in [6, 6.07) is 10.3. The first-order valence-electron chi connectivity index (χ1n) is 5.06. The van der Waals surface area contributed by atoms with Gasteiger partial charge in [0.15, 0.2) is 0 Å². The van der Waals surface area contributed by atoms with Crippen molar-refractivity contribution in [2.24, 2.45) is 5.92 Å². The van der Waals surface area contributed by atoms with Crippen molar-refractivity contribution >= 4 is 0 Å². The minimum Gasteiger partial charge on any atom is -0.396 e. The maximum Gasteiger partial charge on any atom is 0.0462 e. The monoisotopic (exact) mass is 190 g/mol. The Morgan fingerprint density at radius 2 is 2.00 bits per heavy atom. The summed E-state index contributed by atoms with van der Waals surface area (Å²) in [5, 5.41) is 9.16. The van der Waals surface area contributed by atoms with E-state index in [1.54, 1.807) is 0 Å². The number of hydrogen-bond donors (Lipinski definition) is 1. The minimum atomic E-state index is 0.230. The van der Waals surface area contributed by atoms with Gasteiger partial charge in [0.05, 0.1) is 0 Å². The van der Waals surface area contributed by atoms with E-state index in [9.17, 15) is 0 Å². The van der Waals surface area contributed by atoms with Gasteiger partial charge in [0.25, 0.3) is 0 Å². The molecular weight excluding hydrogens is 172 g/mol. The first-order chi connectivity index (χ1) is 6.79. The molecule has 1 aromatic carbocycles. The molecular formula is C13H18O. The zero-order chi connectivity index (χ0) is 10.4. The number of allylic oxidation sites excluding steroid dienone is 1. The predicted octanol–water partition coefficient (Wildman–Crippen LogP) is 2.97. The maximum atomic E-state index is 9.16. The molecule has 0 aliphatic rings. The van der Waals surface area contributed by atoms with Gasteiger partial charge in [0.1, 0.15) is 0 Å². The third-order valence-electron chi connectivity index (χ3n) is 2.62. The lowest BCUT2D eigenvalue weighted by atomic mass is 9.85.